The van der Waals surface area contributed by atoms with Crippen LogP contribution >= 0.6 is 0 Å². The molecule has 0 saturated heterocycles. The fraction of sp³-hybridized carbons (Fsp3) is 0.304. The van der Waals surface area contributed by atoms with Crippen LogP contribution in [0.25, 0.3) is 11.0 Å². The maximum absolute atomic E-state index is 13.1. The fourth-order valence-electron chi connectivity index (χ4n) is 4.02. The molecule has 162 valence electrons. The number of ether oxygens (including phenoxy) is 4. The highest BCUT2D eigenvalue weighted by atomic mass is 16.5. The first-order chi connectivity index (χ1) is 15.0. The minimum Gasteiger partial charge on any atom is -0.497 e. The molecule has 0 spiro atoms. The Bertz CT molecular complexity index is 1180. The standard InChI is InChI=1S/C23H25N3O5/c1-6-31-22(27)19-13(2)24-23-25-16-9-7-8-10-17(16)26(23)20(19)15-11-14(28-3)12-18(29-4)21(15)30-5/h7-12,20H,6H2,1-5H3,(H,24,25). The number of anilines is 1. The van der Waals surface area contributed by atoms with Crippen molar-refractivity contribution in [3.05, 3.63) is 53.2 Å². The van der Waals surface area contributed by atoms with Gasteiger partial charge in [0.1, 0.15) is 11.8 Å². The van der Waals surface area contributed by atoms with E-state index in [1.54, 1.807) is 34.3 Å². The number of methoxy groups -OCH3 is 3. The third-order valence-corrected chi connectivity index (χ3v) is 5.34. The molecule has 3 aromatic rings. The number of hydrogen-bond donors (Lipinski definition) is 1. The number of carbonyl (C=O) groups excluding carboxylic acids is 1. The summed E-state index contributed by atoms with van der Waals surface area (Å²) in [5.74, 6) is 1.80. The van der Waals surface area contributed by atoms with Gasteiger partial charge >= 0.3 is 5.97 Å². The molecular formula is C23H25N3O5. The van der Waals surface area contributed by atoms with Crippen molar-refractivity contribution in [1.82, 2.24) is 9.55 Å². The largest absolute Gasteiger partial charge is 0.497 e. The minimum atomic E-state index is -0.568. The van der Waals surface area contributed by atoms with E-state index in [2.05, 4.69) is 5.32 Å². The average Bonchev–Trinajstić information content (AvgIpc) is 3.14. The lowest BCUT2D eigenvalue weighted by Gasteiger charge is -2.31. The number of hydrogen-bond acceptors (Lipinski definition) is 7. The van der Waals surface area contributed by atoms with Gasteiger partial charge in [0, 0.05) is 17.3 Å². The molecule has 1 unspecified atom stereocenters. The van der Waals surface area contributed by atoms with Crippen molar-refractivity contribution in [2.45, 2.75) is 19.9 Å². The molecule has 0 saturated carbocycles. The number of para-hydroxylation sites is 2. The molecule has 1 aliphatic rings. The summed E-state index contributed by atoms with van der Waals surface area (Å²) in [4.78, 5) is 17.8. The molecule has 8 nitrogen and oxygen atoms in total. The second-order valence-corrected chi connectivity index (χ2v) is 7.03. The van der Waals surface area contributed by atoms with E-state index in [1.165, 1.54) is 0 Å². The Morgan fingerprint density at radius 1 is 1.13 bits per heavy atom. The zero-order chi connectivity index (χ0) is 22.1. The first-order valence-corrected chi connectivity index (χ1v) is 9.95. The normalized spacial score (nSPS) is 15.3. The van der Waals surface area contributed by atoms with Crippen molar-refractivity contribution in [2.75, 3.05) is 33.3 Å². The number of aromatic nitrogens is 2. The Labute approximate surface area is 180 Å². The quantitative estimate of drug-likeness (QED) is 0.602. The molecule has 1 aromatic heterocycles. The van der Waals surface area contributed by atoms with Gasteiger partial charge in [-0.25, -0.2) is 9.78 Å². The molecule has 1 atom stereocenters. The molecule has 1 aliphatic heterocycles. The fourth-order valence-corrected chi connectivity index (χ4v) is 4.02. The van der Waals surface area contributed by atoms with Gasteiger partial charge in [-0.05, 0) is 32.0 Å². The van der Waals surface area contributed by atoms with Gasteiger partial charge in [0.15, 0.2) is 11.5 Å². The zero-order valence-electron chi connectivity index (χ0n) is 18.2. The first-order valence-electron chi connectivity index (χ1n) is 9.95. The molecule has 0 fully saturated rings. The Kier molecular flexibility index (Phi) is 5.46. The predicted molar refractivity (Wildman–Crippen MR) is 117 cm³/mol. The topological polar surface area (TPSA) is 83.8 Å². The van der Waals surface area contributed by atoms with Crippen molar-refractivity contribution < 1.29 is 23.7 Å². The van der Waals surface area contributed by atoms with Crippen LogP contribution in [0.1, 0.15) is 25.5 Å². The van der Waals surface area contributed by atoms with E-state index in [-0.39, 0.29) is 6.61 Å². The van der Waals surface area contributed by atoms with E-state index in [9.17, 15) is 4.79 Å². The highest BCUT2D eigenvalue weighted by molar-refractivity contribution is 5.94. The Morgan fingerprint density at radius 3 is 2.58 bits per heavy atom. The summed E-state index contributed by atoms with van der Waals surface area (Å²) in [6, 6.07) is 10.8. The third-order valence-electron chi connectivity index (χ3n) is 5.34. The zero-order valence-corrected chi connectivity index (χ0v) is 18.2. The maximum Gasteiger partial charge on any atom is 0.338 e. The number of nitrogens with zero attached hydrogens (tertiary/aromatic N) is 2. The van der Waals surface area contributed by atoms with Crippen molar-refractivity contribution >= 4 is 23.0 Å². The highest BCUT2D eigenvalue weighted by Crippen LogP contribution is 2.46. The number of imidazole rings is 1. The number of nitrogens with one attached hydrogen (secondary N) is 1. The van der Waals surface area contributed by atoms with Crippen molar-refractivity contribution in [1.29, 1.82) is 0 Å². The summed E-state index contributed by atoms with van der Waals surface area (Å²) in [7, 11) is 4.72. The summed E-state index contributed by atoms with van der Waals surface area (Å²) in [5, 5.41) is 3.26. The van der Waals surface area contributed by atoms with Crippen molar-refractivity contribution in [2.24, 2.45) is 0 Å². The molecule has 2 heterocycles. The van der Waals surface area contributed by atoms with E-state index in [4.69, 9.17) is 23.9 Å². The average molecular weight is 423 g/mol. The van der Waals surface area contributed by atoms with Crippen LogP contribution in [0.4, 0.5) is 5.95 Å². The number of allylic oxidation sites excluding steroid dienone is 1. The molecule has 0 radical (unpaired) electrons. The number of esters is 1. The predicted octanol–water partition coefficient (Wildman–Crippen LogP) is 3.91. The van der Waals surface area contributed by atoms with Crippen LogP contribution in [0.5, 0.6) is 17.2 Å². The first kappa shape index (κ1) is 20.6. The molecule has 1 N–H and O–H groups in total. The van der Waals surface area contributed by atoms with E-state index in [1.807, 2.05) is 41.8 Å². The van der Waals surface area contributed by atoms with E-state index in [0.717, 1.165) is 11.0 Å². The minimum absolute atomic E-state index is 0.262. The molecule has 0 amide bonds. The molecule has 2 aromatic carbocycles. The SMILES string of the molecule is CCOC(=O)C1=C(C)Nc2nc3ccccc3n2C1c1cc(OC)cc(OC)c1OC. The van der Waals surface area contributed by atoms with Gasteiger partial charge in [-0.1, -0.05) is 12.1 Å². The summed E-state index contributed by atoms with van der Waals surface area (Å²) < 4.78 is 24.2. The summed E-state index contributed by atoms with van der Waals surface area (Å²) in [6.07, 6.45) is 0. The third kappa shape index (κ3) is 3.34. The maximum atomic E-state index is 13.1. The molecule has 0 aliphatic carbocycles. The Morgan fingerprint density at radius 2 is 1.90 bits per heavy atom. The van der Waals surface area contributed by atoms with Gasteiger partial charge < -0.3 is 24.3 Å². The van der Waals surface area contributed by atoms with Gasteiger partial charge in [0.05, 0.1) is 44.5 Å². The van der Waals surface area contributed by atoms with E-state index >= 15 is 0 Å². The second kappa shape index (κ2) is 8.22. The van der Waals surface area contributed by atoms with Crippen LogP contribution < -0.4 is 19.5 Å². The van der Waals surface area contributed by atoms with E-state index < -0.39 is 12.0 Å². The molecule has 0 bridgehead atoms. The lowest BCUT2D eigenvalue weighted by Crippen LogP contribution is -2.29. The van der Waals surface area contributed by atoms with Crippen molar-refractivity contribution in [3.63, 3.8) is 0 Å². The van der Waals surface area contributed by atoms with Gasteiger partial charge in [-0.15, -0.1) is 0 Å². The smallest absolute Gasteiger partial charge is 0.338 e. The van der Waals surface area contributed by atoms with Crippen molar-refractivity contribution in [3.8, 4) is 17.2 Å². The van der Waals surface area contributed by atoms with Crippen LogP contribution in [0.15, 0.2) is 47.7 Å². The van der Waals surface area contributed by atoms with Gasteiger partial charge in [-0.3, -0.25) is 4.57 Å². The van der Waals surface area contributed by atoms with Crippen LogP contribution in [0, 0.1) is 0 Å². The monoisotopic (exact) mass is 423 g/mol. The lowest BCUT2D eigenvalue weighted by atomic mass is 9.93. The summed E-state index contributed by atoms with van der Waals surface area (Å²) >= 11 is 0. The van der Waals surface area contributed by atoms with E-state index in [0.29, 0.717) is 40.0 Å². The Balaban J connectivity index is 2.07. The molecule has 8 heteroatoms. The number of benzene rings is 2. The lowest BCUT2D eigenvalue weighted by molar-refractivity contribution is -0.139. The second-order valence-electron chi connectivity index (χ2n) is 7.03. The Hall–Kier alpha value is -3.68. The van der Waals surface area contributed by atoms with Gasteiger partial charge in [0.25, 0.3) is 0 Å². The highest BCUT2D eigenvalue weighted by Gasteiger charge is 2.37. The number of fused-ring (bicyclic) bond motifs is 3. The number of rotatable bonds is 6. The van der Waals surface area contributed by atoms with Gasteiger partial charge in [0.2, 0.25) is 5.95 Å². The summed E-state index contributed by atoms with van der Waals surface area (Å²) in [6.45, 7) is 3.89. The molecular weight excluding hydrogens is 398 g/mol. The van der Waals surface area contributed by atoms with Crippen LogP contribution in [0.2, 0.25) is 0 Å². The van der Waals surface area contributed by atoms with Crippen LogP contribution in [-0.2, 0) is 9.53 Å². The molecule has 31 heavy (non-hydrogen) atoms. The van der Waals surface area contributed by atoms with Crippen LogP contribution in [-0.4, -0.2) is 43.5 Å². The summed E-state index contributed by atoms with van der Waals surface area (Å²) in [5.41, 5.74) is 3.50. The van der Waals surface area contributed by atoms with Gasteiger partial charge in [-0.2, -0.15) is 0 Å². The molecule has 4 rings (SSSR count). The number of carbonyl (C=O) groups is 1. The van der Waals surface area contributed by atoms with Crippen LogP contribution in [0.3, 0.4) is 0 Å².